The highest BCUT2D eigenvalue weighted by Crippen LogP contribution is 2.47. The third kappa shape index (κ3) is 4.08. The molecule has 0 aliphatic rings. The van der Waals surface area contributed by atoms with Gasteiger partial charge in [-0.1, -0.05) is 97.1 Å². The molecule has 234 valence electrons. The van der Waals surface area contributed by atoms with Crippen molar-refractivity contribution in [2.45, 2.75) is 0 Å². The zero-order chi connectivity index (χ0) is 32.8. The summed E-state index contributed by atoms with van der Waals surface area (Å²) in [4.78, 5) is 7.29. The Morgan fingerprint density at radius 3 is 2.10 bits per heavy atom. The summed E-state index contributed by atoms with van der Waals surface area (Å²) >= 11 is 1.86. The van der Waals surface area contributed by atoms with Crippen LogP contribution in [0.3, 0.4) is 0 Å². The minimum atomic E-state index is 0.586. The number of oxazole rings is 1. The van der Waals surface area contributed by atoms with Crippen molar-refractivity contribution in [3.05, 3.63) is 158 Å². The Balaban J connectivity index is 1.10. The second kappa shape index (κ2) is 10.5. The van der Waals surface area contributed by atoms with E-state index < -0.39 is 0 Å². The molecule has 11 aromatic rings. The van der Waals surface area contributed by atoms with Crippen LogP contribution in [0.15, 0.2) is 167 Å². The number of hydrogen-bond acceptors (Lipinski definition) is 5. The Morgan fingerprint density at radius 1 is 0.460 bits per heavy atom. The van der Waals surface area contributed by atoms with Crippen LogP contribution in [-0.2, 0) is 0 Å². The monoisotopic (exact) mass is 658 g/mol. The minimum Gasteiger partial charge on any atom is -0.456 e. The van der Waals surface area contributed by atoms with Crippen molar-refractivity contribution in [1.29, 1.82) is 0 Å². The number of rotatable bonds is 4. The van der Waals surface area contributed by atoms with E-state index in [9.17, 15) is 0 Å². The van der Waals surface area contributed by atoms with Crippen LogP contribution in [-0.4, -0.2) is 4.98 Å². The zero-order valence-electron chi connectivity index (χ0n) is 26.6. The third-order valence-electron chi connectivity index (χ3n) is 9.85. The Bertz CT molecular complexity index is 3060. The highest BCUT2D eigenvalue weighted by molar-refractivity contribution is 7.27. The van der Waals surface area contributed by atoms with Crippen LogP contribution in [0.5, 0.6) is 0 Å². The first-order valence-corrected chi connectivity index (χ1v) is 17.5. The third-order valence-corrected chi connectivity index (χ3v) is 11.1. The topological polar surface area (TPSA) is 42.4 Å². The molecule has 0 bridgehead atoms. The molecular weight excluding hydrogens is 633 g/mol. The normalized spacial score (nSPS) is 12.0. The summed E-state index contributed by atoms with van der Waals surface area (Å²) in [6.07, 6.45) is 0. The van der Waals surface area contributed by atoms with Crippen LogP contribution < -0.4 is 4.90 Å². The Labute approximate surface area is 290 Å². The molecule has 0 aliphatic heterocycles. The molecule has 0 fully saturated rings. The molecule has 0 aliphatic carbocycles. The number of aromatic nitrogens is 1. The maximum absolute atomic E-state index is 6.60. The van der Waals surface area contributed by atoms with Crippen LogP contribution in [0.4, 0.5) is 17.1 Å². The number of furan rings is 1. The van der Waals surface area contributed by atoms with E-state index in [1.807, 2.05) is 35.6 Å². The molecule has 0 radical (unpaired) electrons. The molecule has 0 atom stereocenters. The van der Waals surface area contributed by atoms with E-state index in [1.54, 1.807) is 0 Å². The lowest BCUT2D eigenvalue weighted by molar-refractivity contribution is 0.620. The smallest absolute Gasteiger partial charge is 0.228 e. The van der Waals surface area contributed by atoms with Crippen molar-refractivity contribution in [3.8, 4) is 11.5 Å². The lowest BCUT2D eigenvalue weighted by Gasteiger charge is -2.26. The molecule has 11 rings (SSSR count). The van der Waals surface area contributed by atoms with Crippen molar-refractivity contribution in [2.24, 2.45) is 0 Å². The Morgan fingerprint density at radius 2 is 1.20 bits per heavy atom. The molecule has 0 amide bonds. The lowest BCUT2D eigenvalue weighted by atomic mass is 10.0. The van der Waals surface area contributed by atoms with Gasteiger partial charge in [-0.3, -0.25) is 0 Å². The highest BCUT2D eigenvalue weighted by atomic mass is 32.1. The van der Waals surface area contributed by atoms with Gasteiger partial charge in [0.05, 0.1) is 10.4 Å². The highest BCUT2D eigenvalue weighted by Gasteiger charge is 2.22. The van der Waals surface area contributed by atoms with Crippen LogP contribution in [0.25, 0.3) is 86.2 Å². The molecule has 0 saturated carbocycles. The summed E-state index contributed by atoms with van der Waals surface area (Å²) in [5.41, 5.74) is 7.37. The maximum atomic E-state index is 6.60. The summed E-state index contributed by atoms with van der Waals surface area (Å²) in [6.45, 7) is 0. The van der Waals surface area contributed by atoms with Gasteiger partial charge in [-0.15, -0.1) is 11.3 Å². The SMILES string of the molecule is c1ccc(N(c2ccc3c(c2)oc2cccc(-c4nc5cc6ccccc6cc5o4)c23)c2cccc3c2sc2c4ccccc4ccc32)cc1. The molecule has 4 nitrogen and oxygen atoms in total. The number of anilines is 3. The van der Waals surface area contributed by atoms with Crippen LogP contribution in [0.2, 0.25) is 0 Å². The summed E-state index contributed by atoms with van der Waals surface area (Å²) in [7, 11) is 0. The van der Waals surface area contributed by atoms with Crippen LogP contribution in [0.1, 0.15) is 0 Å². The van der Waals surface area contributed by atoms with Gasteiger partial charge in [0, 0.05) is 49.2 Å². The quantitative estimate of drug-likeness (QED) is 0.189. The van der Waals surface area contributed by atoms with Gasteiger partial charge in [0.25, 0.3) is 0 Å². The molecule has 5 heteroatoms. The standard InChI is InChI=1S/C45H26N2O2S/c1-2-13-30(14-3-1)47(38-18-8-16-33-34-22-20-27-10-6-7-15-32(27)43(34)50-44(33)38)31-21-23-35-40(26-31)48-39-19-9-17-36(42(35)39)45-46-37-24-28-11-4-5-12-29(28)25-41(37)49-45/h1-26H. The maximum Gasteiger partial charge on any atom is 0.228 e. The number of para-hydroxylation sites is 1. The number of fused-ring (bicyclic) bond motifs is 10. The average molecular weight is 659 g/mol. The van der Waals surface area contributed by atoms with E-state index >= 15 is 0 Å². The van der Waals surface area contributed by atoms with Gasteiger partial charge in [-0.2, -0.15) is 0 Å². The summed E-state index contributed by atoms with van der Waals surface area (Å²) in [5, 5.41) is 9.37. The van der Waals surface area contributed by atoms with Crippen molar-refractivity contribution in [2.75, 3.05) is 4.90 Å². The Kier molecular flexibility index (Phi) is 5.80. The molecule has 0 N–H and O–H groups in total. The fraction of sp³-hybridized carbons (Fsp3) is 0. The van der Waals surface area contributed by atoms with E-state index in [2.05, 4.69) is 138 Å². The van der Waals surface area contributed by atoms with E-state index in [1.165, 1.54) is 30.9 Å². The number of benzene rings is 8. The second-order valence-corrected chi connectivity index (χ2v) is 13.8. The summed E-state index contributed by atoms with van der Waals surface area (Å²) in [5.74, 6) is 0.586. The number of nitrogens with zero attached hydrogens (tertiary/aromatic N) is 2. The zero-order valence-corrected chi connectivity index (χ0v) is 27.4. The molecule has 0 saturated heterocycles. The van der Waals surface area contributed by atoms with Crippen LogP contribution >= 0.6 is 11.3 Å². The van der Waals surface area contributed by atoms with Crippen molar-refractivity contribution >= 4 is 103 Å². The van der Waals surface area contributed by atoms with E-state index in [-0.39, 0.29) is 0 Å². The van der Waals surface area contributed by atoms with Gasteiger partial charge < -0.3 is 13.7 Å². The van der Waals surface area contributed by atoms with Crippen LogP contribution in [0, 0.1) is 0 Å². The fourth-order valence-electron chi connectivity index (χ4n) is 7.55. The van der Waals surface area contributed by atoms with Crippen molar-refractivity contribution in [3.63, 3.8) is 0 Å². The fourth-order valence-corrected chi connectivity index (χ4v) is 8.89. The first-order chi connectivity index (χ1) is 24.8. The molecule has 3 heterocycles. The number of hydrogen-bond donors (Lipinski definition) is 0. The van der Waals surface area contributed by atoms with Gasteiger partial charge in [0.15, 0.2) is 5.58 Å². The molecule has 0 spiro atoms. The van der Waals surface area contributed by atoms with Crippen molar-refractivity contribution in [1.82, 2.24) is 4.98 Å². The number of thiophene rings is 1. The van der Waals surface area contributed by atoms with Gasteiger partial charge >= 0.3 is 0 Å². The van der Waals surface area contributed by atoms with Gasteiger partial charge in [-0.05, 0) is 76.1 Å². The van der Waals surface area contributed by atoms with E-state index in [4.69, 9.17) is 13.8 Å². The molecule has 50 heavy (non-hydrogen) atoms. The van der Waals surface area contributed by atoms with Gasteiger partial charge in [-0.25, -0.2) is 4.98 Å². The molecule has 8 aromatic carbocycles. The van der Waals surface area contributed by atoms with E-state index in [0.717, 1.165) is 66.4 Å². The predicted molar refractivity (Wildman–Crippen MR) is 209 cm³/mol. The predicted octanol–water partition coefficient (Wildman–Crippen LogP) is 13.5. The molecular formula is C45H26N2O2S. The Hall–Kier alpha value is -6.43. The first-order valence-electron chi connectivity index (χ1n) is 16.7. The second-order valence-electron chi connectivity index (χ2n) is 12.7. The first kappa shape index (κ1) is 27.5. The minimum absolute atomic E-state index is 0.586. The van der Waals surface area contributed by atoms with Gasteiger partial charge in [0.1, 0.15) is 16.7 Å². The summed E-state index contributed by atoms with van der Waals surface area (Å²) in [6, 6.07) is 55.5. The molecule has 3 aromatic heterocycles. The van der Waals surface area contributed by atoms with Crippen molar-refractivity contribution < 1.29 is 8.83 Å². The lowest BCUT2D eigenvalue weighted by Crippen LogP contribution is -2.09. The van der Waals surface area contributed by atoms with E-state index in [0.29, 0.717) is 5.89 Å². The summed E-state index contributed by atoms with van der Waals surface area (Å²) < 4.78 is 15.6. The largest absolute Gasteiger partial charge is 0.456 e. The van der Waals surface area contributed by atoms with Gasteiger partial charge in [0.2, 0.25) is 5.89 Å². The average Bonchev–Trinajstić information content (AvgIpc) is 3.87. The molecule has 0 unspecified atom stereocenters.